The SMILES string of the molecule is CN1C(C(=O)NN2Cc3ccccc3O2)=C(O)c2c(c3ccccc3n2C)S1(=O)=O. The second-order valence-electron chi connectivity index (χ2n) is 7.10. The van der Waals surface area contributed by atoms with E-state index >= 15 is 0 Å². The maximum absolute atomic E-state index is 13.2. The van der Waals surface area contributed by atoms with E-state index in [4.69, 9.17) is 4.84 Å². The molecule has 154 valence electrons. The molecule has 1 aromatic heterocycles. The molecular weight excluding hydrogens is 408 g/mol. The van der Waals surface area contributed by atoms with Crippen molar-refractivity contribution in [2.45, 2.75) is 11.4 Å². The van der Waals surface area contributed by atoms with Crippen LogP contribution >= 0.6 is 0 Å². The fourth-order valence-electron chi connectivity index (χ4n) is 3.91. The number of hydroxylamine groups is 1. The first-order valence-corrected chi connectivity index (χ1v) is 10.6. The van der Waals surface area contributed by atoms with Crippen molar-refractivity contribution in [1.82, 2.24) is 19.5 Å². The Kier molecular flexibility index (Phi) is 3.86. The Hall–Kier alpha value is -3.50. The number of hydrazine groups is 1. The molecule has 2 aliphatic rings. The van der Waals surface area contributed by atoms with E-state index in [1.807, 2.05) is 18.2 Å². The molecule has 1 amide bonds. The lowest BCUT2D eigenvalue weighted by molar-refractivity contribution is -0.142. The van der Waals surface area contributed by atoms with Crippen LogP contribution < -0.4 is 10.3 Å². The number of carbonyl (C=O) groups excluding carboxylic acids is 1. The molecule has 2 aromatic carbocycles. The van der Waals surface area contributed by atoms with Crippen molar-refractivity contribution >= 4 is 32.6 Å². The largest absolute Gasteiger partial charge is 0.504 e. The molecule has 2 aliphatic heterocycles. The van der Waals surface area contributed by atoms with E-state index < -0.39 is 21.7 Å². The Morgan fingerprint density at radius 2 is 1.80 bits per heavy atom. The molecule has 5 rings (SSSR count). The number of benzene rings is 2. The van der Waals surface area contributed by atoms with Gasteiger partial charge >= 0.3 is 0 Å². The van der Waals surface area contributed by atoms with Crippen molar-refractivity contribution in [2.24, 2.45) is 7.05 Å². The number of amides is 1. The summed E-state index contributed by atoms with van der Waals surface area (Å²) in [7, 11) is -1.18. The lowest BCUT2D eigenvalue weighted by Gasteiger charge is -2.28. The number of aliphatic hydroxyl groups is 1. The van der Waals surface area contributed by atoms with Crippen LogP contribution in [0.4, 0.5) is 0 Å². The fraction of sp³-hybridized carbons (Fsp3) is 0.150. The second-order valence-corrected chi connectivity index (χ2v) is 9.01. The Morgan fingerprint density at radius 3 is 2.57 bits per heavy atom. The average molecular weight is 426 g/mol. The van der Waals surface area contributed by atoms with Crippen LogP contribution in [0, 0.1) is 0 Å². The molecule has 3 heterocycles. The zero-order valence-corrected chi connectivity index (χ0v) is 17.0. The van der Waals surface area contributed by atoms with Crippen LogP contribution in [0.15, 0.2) is 59.1 Å². The average Bonchev–Trinajstić information content (AvgIpc) is 3.25. The number of carbonyl (C=O) groups is 1. The van der Waals surface area contributed by atoms with Gasteiger partial charge in [-0.25, -0.2) is 8.42 Å². The minimum absolute atomic E-state index is 0.0259. The molecule has 0 saturated heterocycles. The summed E-state index contributed by atoms with van der Waals surface area (Å²) >= 11 is 0. The van der Waals surface area contributed by atoms with Gasteiger partial charge in [0.25, 0.3) is 15.9 Å². The van der Waals surface area contributed by atoms with E-state index in [-0.39, 0.29) is 22.8 Å². The van der Waals surface area contributed by atoms with E-state index in [0.717, 1.165) is 9.87 Å². The lowest BCUT2D eigenvalue weighted by Crippen LogP contribution is -2.46. The summed E-state index contributed by atoms with van der Waals surface area (Å²) < 4.78 is 28.9. The predicted octanol–water partition coefficient (Wildman–Crippen LogP) is 1.88. The minimum atomic E-state index is -4.07. The van der Waals surface area contributed by atoms with Crippen LogP contribution in [0.5, 0.6) is 5.75 Å². The van der Waals surface area contributed by atoms with Gasteiger partial charge in [-0.2, -0.15) is 0 Å². The van der Waals surface area contributed by atoms with Crippen molar-refractivity contribution in [3.8, 4) is 5.75 Å². The van der Waals surface area contributed by atoms with Crippen molar-refractivity contribution < 1.29 is 23.2 Å². The lowest BCUT2D eigenvalue weighted by atomic mass is 10.2. The number of hydrogen-bond donors (Lipinski definition) is 2. The Bertz CT molecular complexity index is 1330. The Morgan fingerprint density at radius 1 is 1.10 bits per heavy atom. The van der Waals surface area contributed by atoms with Crippen molar-refractivity contribution in [3.05, 3.63) is 65.5 Å². The number of aromatic nitrogens is 1. The van der Waals surface area contributed by atoms with E-state index in [2.05, 4.69) is 5.43 Å². The van der Waals surface area contributed by atoms with Gasteiger partial charge < -0.3 is 14.5 Å². The number of aryl methyl sites for hydroxylation is 1. The topological polar surface area (TPSA) is 104 Å². The molecule has 9 nitrogen and oxygen atoms in total. The van der Waals surface area contributed by atoms with Crippen molar-refractivity contribution in [3.63, 3.8) is 0 Å². The maximum atomic E-state index is 13.2. The monoisotopic (exact) mass is 426 g/mol. The highest BCUT2D eigenvalue weighted by Crippen LogP contribution is 2.40. The van der Waals surface area contributed by atoms with Gasteiger partial charge in [-0.3, -0.25) is 14.5 Å². The summed E-state index contributed by atoms with van der Waals surface area (Å²) in [5, 5.41) is 12.6. The molecule has 0 unspecified atom stereocenters. The molecule has 10 heteroatoms. The predicted molar refractivity (Wildman–Crippen MR) is 108 cm³/mol. The molecule has 0 atom stereocenters. The van der Waals surface area contributed by atoms with Gasteiger partial charge in [-0.15, -0.1) is 0 Å². The first-order valence-electron chi connectivity index (χ1n) is 9.15. The first kappa shape index (κ1) is 18.5. The van der Waals surface area contributed by atoms with Crippen LogP contribution in [-0.4, -0.2) is 40.5 Å². The van der Waals surface area contributed by atoms with Crippen LogP contribution in [0.25, 0.3) is 16.7 Å². The summed E-state index contributed by atoms with van der Waals surface area (Å²) in [6, 6.07) is 14.2. The van der Waals surface area contributed by atoms with Crippen molar-refractivity contribution in [1.29, 1.82) is 0 Å². The number of aliphatic hydroxyl groups excluding tert-OH is 1. The number of nitrogens with zero attached hydrogens (tertiary/aromatic N) is 3. The highest BCUT2D eigenvalue weighted by molar-refractivity contribution is 7.89. The zero-order valence-electron chi connectivity index (χ0n) is 16.2. The summed E-state index contributed by atoms with van der Waals surface area (Å²) in [4.78, 5) is 18.5. The highest BCUT2D eigenvalue weighted by Gasteiger charge is 2.42. The van der Waals surface area contributed by atoms with Crippen LogP contribution in [0.1, 0.15) is 11.3 Å². The number of para-hydroxylation sites is 2. The third-order valence-electron chi connectivity index (χ3n) is 5.38. The third-order valence-corrected chi connectivity index (χ3v) is 7.21. The molecular formula is C20H18N4O5S. The van der Waals surface area contributed by atoms with Crippen LogP contribution in [0.3, 0.4) is 0 Å². The van der Waals surface area contributed by atoms with E-state index in [1.54, 1.807) is 41.9 Å². The van der Waals surface area contributed by atoms with Gasteiger partial charge in [0.05, 0.1) is 6.54 Å². The molecule has 0 radical (unpaired) electrons. The van der Waals surface area contributed by atoms with Gasteiger partial charge in [0, 0.05) is 30.6 Å². The van der Waals surface area contributed by atoms with Crippen molar-refractivity contribution in [2.75, 3.05) is 7.05 Å². The number of nitrogens with one attached hydrogen (secondary N) is 1. The fourth-order valence-corrected chi connectivity index (χ4v) is 5.52. The summed E-state index contributed by atoms with van der Waals surface area (Å²) in [6.07, 6.45) is 0. The van der Waals surface area contributed by atoms with Gasteiger partial charge in [-0.1, -0.05) is 36.4 Å². The number of hydrogen-bond acceptors (Lipinski definition) is 6. The van der Waals surface area contributed by atoms with Crippen LogP contribution in [0.2, 0.25) is 0 Å². The highest BCUT2D eigenvalue weighted by atomic mass is 32.2. The summed E-state index contributed by atoms with van der Waals surface area (Å²) in [6.45, 7) is 0.283. The quantitative estimate of drug-likeness (QED) is 0.649. The van der Waals surface area contributed by atoms with Gasteiger partial charge in [0.1, 0.15) is 10.6 Å². The van der Waals surface area contributed by atoms with Gasteiger partial charge in [0.15, 0.2) is 17.2 Å². The minimum Gasteiger partial charge on any atom is -0.504 e. The maximum Gasteiger partial charge on any atom is 0.289 e. The van der Waals surface area contributed by atoms with E-state index in [1.165, 1.54) is 12.2 Å². The van der Waals surface area contributed by atoms with E-state index in [9.17, 15) is 18.3 Å². The number of sulfonamides is 1. The Balaban J connectivity index is 1.58. The van der Waals surface area contributed by atoms with Crippen LogP contribution in [-0.2, 0) is 28.4 Å². The molecule has 0 aliphatic carbocycles. The van der Waals surface area contributed by atoms with E-state index in [0.29, 0.717) is 16.7 Å². The first-order chi connectivity index (χ1) is 14.3. The standard InChI is InChI=1S/C20H18N4O5S/c1-22-14-9-5-4-8-13(14)19-16(22)18(25)17(23(2)30(19,27)28)20(26)21-24-11-12-7-3-6-10-15(12)29-24/h3-10,25H,11H2,1-2H3,(H,21,26). The van der Waals surface area contributed by atoms with Gasteiger partial charge in [0.2, 0.25) is 0 Å². The molecule has 0 bridgehead atoms. The third kappa shape index (κ3) is 2.44. The number of fused-ring (bicyclic) bond motifs is 4. The molecule has 0 saturated carbocycles. The summed E-state index contributed by atoms with van der Waals surface area (Å²) in [5.74, 6) is -0.630. The molecule has 0 spiro atoms. The number of likely N-dealkylation sites (N-methyl/N-ethyl adjacent to an activating group) is 1. The molecule has 30 heavy (non-hydrogen) atoms. The zero-order chi connectivity index (χ0) is 21.2. The normalized spacial score (nSPS) is 17.6. The molecule has 3 aromatic rings. The number of rotatable bonds is 2. The molecule has 2 N–H and O–H groups in total. The smallest absolute Gasteiger partial charge is 0.289 e. The Labute approximate surface area is 172 Å². The second kappa shape index (κ2) is 6.25. The van der Waals surface area contributed by atoms with Gasteiger partial charge in [-0.05, 0) is 17.3 Å². The summed E-state index contributed by atoms with van der Waals surface area (Å²) in [5.41, 5.74) is 3.71. The molecule has 0 fully saturated rings.